The fraction of sp³-hybridized carbons (Fsp3) is 0.524. The van der Waals surface area contributed by atoms with Crippen molar-refractivity contribution in [2.45, 2.75) is 58.3 Å². The van der Waals surface area contributed by atoms with E-state index in [1.54, 1.807) is 0 Å². The molecule has 0 aliphatic heterocycles. The maximum Gasteiger partial charge on any atom is 0.159 e. The number of nitrogens with zero attached hydrogens (tertiary/aromatic N) is 2. The van der Waals surface area contributed by atoms with E-state index in [9.17, 15) is 8.78 Å². The van der Waals surface area contributed by atoms with Gasteiger partial charge < -0.3 is 0 Å². The molecule has 1 fully saturated rings. The van der Waals surface area contributed by atoms with Crippen LogP contribution in [0.4, 0.5) is 8.78 Å². The Labute approximate surface area is 148 Å². The van der Waals surface area contributed by atoms with E-state index >= 15 is 0 Å². The third-order valence-corrected chi connectivity index (χ3v) is 5.31. The average molecular weight is 344 g/mol. The van der Waals surface area contributed by atoms with Crippen LogP contribution in [0.25, 0.3) is 11.4 Å². The Balaban J connectivity index is 1.56. The molecule has 1 aliphatic rings. The molecule has 1 aromatic carbocycles. The Bertz CT molecular complexity index is 683. The van der Waals surface area contributed by atoms with Crippen LogP contribution >= 0.6 is 0 Å². The van der Waals surface area contributed by atoms with E-state index in [2.05, 4.69) is 16.9 Å². The number of halogens is 2. The smallest absolute Gasteiger partial charge is 0.159 e. The van der Waals surface area contributed by atoms with Gasteiger partial charge >= 0.3 is 0 Å². The predicted molar refractivity (Wildman–Crippen MR) is 96.1 cm³/mol. The van der Waals surface area contributed by atoms with Gasteiger partial charge in [-0.3, -0.25) is 0 Å². The maximum atomic E-state index is 13.3. The van der Waals surface area contributed by atoms with Gasteiger partial charge in [-0.25, -0.2) is 18.7 Å². The van der Waals surface area contributed by atoms with E-state index in [1.165, 1.54) is 51.0 Å². The van der Waals surface area contributed by atoms with Crippen LogP contribution in [0.1, 0.15) is 57.4 Å². The molecule has 0 bridgehead atoms. The van der Waals surface area contributed by atoms with Gasteiger partial charge in [-0.1, -0.05) is 39.0 Å². The monoisotopic (exact) mass is 344 g/mol. The fourth-order valence-corrected chi connectivity index (χ4v) is 3.97. The van der Waals surface area contributed by atoms with Crippen molar-refractivity contribution in [2.75, 3.05) is 0 Å². The van der Waals surface area contributed by atoms with Gasteiger partial charge in [-0.15, -0.1) is 0 Å². The Morgan fingerprint density at radius 2 is 1.72 bits per heavy atom. The highest BCUT2D eigenvalue weighted by atomic mass is 19.2. The molecule has 0 spiro atoms. The van der Waals surface area contributed by atoms with E-state index in [1.807, 2.05) is 12.4 Å². The lowest BCUT2D eigenvalue weighted by atomic mass is 9.77. The molecule has 2 aromatic rings. The SMILES string of the molecule is CCCC1CCCC(CCc2cnc(-c3ccc(F)c(F)c3)nc2)C1. The summed E-state index contributed by atoms with van der Waals surface area (Å²) in [6.07, 6.45) is 13.9. The number of aryl methyl sites for hydroxylation is 1. The summed E-state index contributed by atoms with van der Waals surface area (Å²) in [5.74, 6) is 0.439. The van der Waals surface area contributed by atoms with Crippen molar-refractivity contribution in [1.82, 2.24) is 9.97 Å². The van der Waals surface area contributed by atoms with Crippen molar-refractivity contribution >= 4 is 0 Å². The first-order valence-electron chi connectivity index (χ1n) is 9.42. The van der Waals surface area contributed by atoms with Crippen molar-refractivity contribution in [3.05, 3.63) is 47.8 Å². The second kappa shape index (κ2) is 8.50. The minimum absolute atomic E-state index is 0.434. The van der Waals surface area contributed by atoms with Gasteiger partial charge in [0.15, 0.2) is 17.5 Å². The Kier molecular flexibility index (Phi) is 6.11. The molecule has 0 amide bonds. The van der Waals surface area contributed by atoms with Gasteiger partial charge in [-0.2, -0.15) is 0 Å². The summed E-state index contributed by atoms with van der Waals surface area (Å²) >= 11 is 0. The molecule has 134 valence electrons. The fourth-order valence-electron chi connectivity index (χ4n) is 3.97. The molecule has 3 rings (SSSR count). The first-order valence-corrected chi connectivity index (χ1v) is 9.42. The Morgan fingerprint density at radius 1 is 1.00 bits per heavy atom. The van der Waals surface area contributed by atoms with Crippen LogP contribution in [-0.2, 0) is 6.42 Å². The van der Waals surface area contributed by atoms with Crippen LogP contribution in [-0.4, -0.2) is 9.97 Å². The van der Waals surface area contributed by atoms with E-state index in [-0.39, 0.29) is 0 Å². The molecule has 2 unspecified atom stereocenters. The zero-order chi connectivity index (χ0) is 17.6. The van der Waals surface area contributed by atoms with Crippen molar-refractivity contribution < 1.29 is 8.78 Å². The van der Waals surface area contributed by atoms with Gasteiger partial charge in [0, 0.05) is 18.0 Å². The predicted octanol–water partition coefficient (Wildman–Crippen LogP) is 5.96. The summed E-state index contributed by atoms with van der Waals surface area (Å²) in [4.78, 5) is 8.66. The minimum atomic E-state index is -0.871. The van der Waals surface area contributed by atoms with Crippen molar-refractivity contribution in [2.24, 2.45) is 11.8 Å². The normalized spacial score (nSPS) is 20.6. The zero-order valence-corrected chi connectivity index (χ0v) is 14.8. The Hall–Kier alpha value is -1.84. The van der Waals surface area contributed by atoms with Gasteiger partial charge in [0.05, 0.1) is 0 Å². The third kappa shape index (κ3) is 4.83. The number of rotatable bonds is 6. The number of hydrogen-bond acceptors (Lipinski definition) is 2. The van der Waals surface area contributed by atoms with Crippen LogP contribution in [0, 0.1) is 23.5 Å². The lowest BCUT2D eigenvalue weighted by Gasteiger charge is -2.29. The number of aromatic nitrogens is 2. The molecule has 1 heterocycles. The topological polar surface area (TPSA) is 25.8 Å². The summed E-state index contributed by atoms with van der Waals surface area (Å²) in [5, 5.41) is 0. The molecule has 0 radical (unpaired) electrons. The molecule has 1 saturated carbocycles. The zero-order valence-electron chi connectivity index (χ0n) is 14.8. The highest BCUT2D eigenvalue weighted by Crippen LogP contribution is 2.34. The molecular weight excluding hydrogens is 318 g/mol. The molecule has 1 aromatic heterocycles. The molecule has 0 saturated heterocycles. The van der Waals surface area contributed by atoms with Crippen LogP contribution < -0.4 is 0 Å². The number of hydrogen-bond donors (Lipinski definition) is 0. The van der Waals surface area contributed by atoms with Crippen molar-refractivity contribution in [1.29, 1.82) is 0 Å². The summed E-state index contributed by atoms with van der Waals surface area (Å²) in [6, 6.07) is 3.75. The first-order chi connectivity index (χ1) is 12.2. The van der Waals surface area contributed by atoms with Gasteiger partial charge in [0.1, 0.15) is 0 Å². The minimum Gasteiger partial charge on any atom is -0.236 e. The second-order valence-electron chi connectivity index (χ2n) is 7.27. The first kappa shape index (κ1) is 18.0. The largest absolute Gasteiger partial charge is 0.236 e. The van der Waals surface area contributed by atoms with Crippen LogP contribution in [0.2, 0.25) is 0 Å². The number of benzene rings is 1. The quantitative estimate of drug-likeness (QED) is 0.646. The molecule has 25 heavy (non-hydrogen) atoms. The van der Waals surface area contributed by atoms with E-state index in [0.717, 1.165) is 36.0 Å². The highest BCUT2D eigenvalue weighted by molar-refractivity contribution is 5.54. The average Bonchev–Trinajstić information content (AvgIpc) is 2.63. The van der Waals surface area contributed by atoms with Crippen LogP contribution in [0.3, 0.4) is 0 Å². The van der Waals surface area contributed by atoms with Gasteiger partial charge in [0.25, 0.3) is 0 Å². The molecule has 2 nitrogen and oxygen atoms in total. The molecule has 4 heteroatoms. The lowest BCUT2D eigenvalue weighted by molar-refractivity contribution is 0.243. The van der Waals surface area contributed by atoms with Gasteiger partial charge in [-0.05, 0) is 54.9 Å². The van der Waals surface area contributed by atoms with Crippen molar-refractivity contribution in [3.63, 3.8) is 0 Å². The standard InChI is InChI=1S/C21H26F2N2/c1-2-4-15-5-3-6-16(11-15)7-8-17-13-24-21(25-14-17)18-9-10-19(22)20(23)12-18/h9-10,12-16H,2-8,11H2,1H3. The van der Waals surface area contributed by atoms with Gasteiger partial charge in [0.2, 0.25) is 0 Å². The Morgan fingerprint density at radius 3 is 2.40 bits per heavy atom. The van der Waals surface area contributed by atoms with E-state index in [0.29, 0.717) is 11.4 Å². The molecule has 1 aliphatic carbocycles. The molecule has 2 atom stereocenters. The highest BCUT2D eigenvalue weighted by Gasteiger charge is 2.21. The maximum absolute atomic E-state index is 13.3. The van der Waals surface area contributed by atoms with E-state index in [4.69, 9.17) is 0 Å². The van der Waals surface area contributed by atoms with Crippen LogP contribution in [0.5, 0.6) is 0 Å². The molecular formula is C21H26F2N2. The summed E-state index contributed by atoms with van der Waals surface area (Å²) < 4.78 is 26.3. The summed E-state index contributed by atoms with van der Waals surface area (Å²) in [5.41, 5.74) is 1.61. The molecule has 0 N–H and O–H groups in total. The van der Waals surface area contributed by atoms with E-state index < -0.39 is 11.6 Å². The third-order valence-electron chi connectivity index (χ3n) is 5.31. The van der Waals surface area contributed by atoms with Crippen molar-refractivity contribution in [3.8, 4) is 11.4 Å². The lowest BCUT2D eigenvalue weighted by Crippen LogP contribution is -2.16. The summed E-state index contributed by atoms with van der Waals surface area (Å²) in [7, 11) is 0. The second-order valence-corrected chi connectivity index (χ2v) is 7.27. The summed E-state index contributed by atoms with van der Waals surface area (Å²) in [6.45, 7) is 2.27. The van der Waals surface area contributed by atoms with Crippen LogP contribution in [0.15, 0.2) is 30.6 Å².